The quantitative estimate of drug-likeness (QED) is 0.738. The highest BCUT2D eigenvalue weighted by atomic mass is 32.1. The van der Waals surface area contributed by atoms with Gasteiger partial charge in [0, 0.05) is 18.0 Å². The molecule has 5 nitrogen and oxygen atoms in total. The molecule has 3 rings (SSSR count). The van der Waals surface area contributed by atoms with Crippen molar-refractivity contribution in [3.8, 4) is 10.9 Å². The standard InChI is InChI=1S/C18H16N2O3S/c1-12-2-4-13(5-3-12)10-16-19-18(24-20-16)23-15-8-6-14(7-9-15)11-17(21)22/h2-9H,10-11H2,1H3,(H,21,22). The number of nitrogens with zero attached hydrogens (tertiary/aromatic N) is 2. The van der Waals surface area contributed by atoms with Crippen molar-refractivity contribution in [1.29, 1.82) is 0 Å². The Kier molecular flexibility index (Phi) is 4.86. The SMILES string of the molecule is Cc1ccc(Cc2nsc(Oc3ccc(CC(=O)O)cc3)n2)cc1. The van der Waals surface area contributed by atoms with Gasteiger partial charge in [-0.25, -0.2) is 0 Å². The zero-order valence-electron chi connectivity index (χ0n) is 13.1. The molecule has 6 heteroatoms. The van der Waals surface area contributed by atoms with E-state index in [1.54, 1.807) is 24.3 Å². The topological polar surface area (TPSA) is 72.3 Å². The molecule has 0 amide bonds. The highest BCUT2D eigenvalue weighted by Gasteiger charge is 2.08. The molecule has 0 radical (unpaired) electrons. The van der Waals surface area contributed by atoms with Gasteiger partial charge in [-0.2, -0.15) is 9.36 Å². The van der Waals surface area contributed by atoms with Crippen LogP contribution < -0.4 is 4.74 Å². The molecule has 1 N–H and O–H groups in total. The fourth-order valence-corrected chi connectivity index (χ4v) is 2.76. The van der Waals surface area contributed by atoms with E-state index in [2.05, 4.69) is 40.5 Å². The lowest BCUT2D eigenvalue weighted by molar-refractivity contribution is -0.136. The minimum atomic E-state index is -0.853. The van der Waals surface area contributed by atoms with E-state index in [0.717, 1.165) is 17.0 Å². The Labute approximate surface area is 143 Å². The first kappa shape index (κ1) is 16.1. The van der Waals surface area contributed by atoms with Crippen LogP contribution in [0.2, 0.25) is 0 Å². The first-order chi connectivity index (χ1) is 11.6. The second-order valence-corrected chi connectivity index (χ2v) is 6.17. The van der Waals surface area contributed by atoms with E-state index in [-0.39, 0.29) is 6.42 Å². The van der Waals surface area contributed by atoms with Crippen LogP contribution >= 0.6 is 11.5 Å². The molecule has 0 spiro atoms. The summed E-state index contributed by atoms with van der Waals surface area (Å²) in [5, 5.41) is 9.24. The summed E-state index contributed by atoms with van der Waals surface area (Å²) in [4.78, 5) is 15.1. The van der Waals surface area contributed by atoms with E-state index in [9.17, 15) is 4.79 Å². The maximum atomic E-state index is 10.7. The van der Waals surface area contributed by atoms with Crippen LogP contribution in [-0.4, -0.2) is 20.4 Å². The largest absolute Gasteiger partial charge is 0.481 e. The molecule has 0 fully saturated rings. The second-order valence-electron chi connectivity index (χ2n) is 5.46. The highest BCUT2D eigenvalue weighted by molar-refractivity contribution is 7.07. The molecule has 0 unspecified atom stereocenters. The Bertz CT molecular complexity index is 826. The fourth-order valence-electron chi connectivity index (χ4n) is 2.19. The molecule has 0 saturated carbocycles. The van der Waals surface area contributed by atoms with Crippen molar-refractivity contribution < 1.29 is 14.6 Å². The third-order valence-corrected chi connectivity index (χ3v) is 4.05. The Balaban J connectivity index is 1.63. The van der Waals surface area contributed by atoms with Gasteiger partial charge in [0.1, 0.15) is 5.75 Å². The molecular weight excluding hydrogens is 324 g/mol. The maximum absolute atomic E-state index is 10.7. The van der Waals surface area contributed by atoms with Gasteiger partial charge in [-0.1, -0.05) is 42.0 Å². The second kappa shape index (κ2) is 7.23. The van der Waals surface area contributed by atoms with Crippen LogP contribution in [0.4, 0.5) is 0 Å². The molecule has 0 saturated heterocycles. The minimum absolute atomic E-state index is 0.000213. The van der Waals surface area contributed by atoms with Crippen LogP contribution in [0.5, 0.6) is 10.9 Å². The molecule has 3 aromatic rings. The lowest BCUT2D eigenvalue weighted by Crippen LogP contribution is -1.99. The van der Waals surface area contributed by atoms with Gasteiger partial charge >= 0.3 is 5.97 Å². The molecule has 24 heavy (non-hydrogen) atoms. The number of rotatable bonds is 6. The number of ether oxygens (including phenoxy) is 1. The van der Waals surface area contributed by atoms with Crippen molar-refractivity contribution in [2.75, 3.05) is 0 Å². The van der Waals surface area contributed by atoms with Gasteiger partial charge in [-0.15, -0.1) is 0 Å². The number of benzene rings is 2. The van der Waals surface area contributed by atoms with Crippen LogP contribution in [0.25, 0.3) is 0 Å². The van der Waals surface area contributed by atoms with Crippen LogP contribution in [0.15, 0.2) is 48.5 Å². The van der Waals surface area contributed by atoms with Crippen LogP contribution in [-0.2, 0) is 17.6 Å². The van der Waals surface area contributed by atoms with Gasteiger partial charge in [0.05, 0.1) is 6.42 Å². The lowest BCUT2D eigenvalue weighted by Gasteiger charge is -2.02. The smallest absolute Gasteiger partial charge is 0.307 e. The van der Waals surface area contributed by atoms with Crippen molar-refractivity contribution in [1.82, 2.24) is 9.36 Å². The van der Waals surface area contributed by atoms with Crippen LogP contribution in [0.3, 0.4) is 0 Å². The Morgan fingerprint density at radius 3 is 2.42 bits per heavy atom. The molecule has 122 valence electrons. The van der Waals surface area contributed by atoms with Gasteiger partial charge < -0.3 is 9.84 Å². The van der Waals surface area contributed by atoms with Gasteiger partial charge in [0.2, 0.25) is 0 Å². The average Bonchev–Trinajstić information content (AvgIpc) is 2.98. The first-order valence-corrected chi connectivity index (χ1v) is 8.22. The summed E-state index contributed by atoms with van der Waals surface area (Å²) in [5.74, 6) is 0.483. The predicted molar refractivity (Wildman–Crippen MR) is 91.7 cm³/mol. The van der Waals surface area contributed by atoms with Gasteiger partial charge in [-0.3, -0.25) is 4.79 Å². The maximum Gasteiger partial charge on any atom is 0.307 e. The van der Waals surface area contributed by atoms with Gasteiger partial charge in [0.25, 0.3) is 5.19 Å². The Morgan fingerprint density at radius 2 is 1.75 bits per heavy atom. The van der Waals surface area contributed by atoms with E-state index in [4.69, 9.17) is 9.84 Å². The number of carboxylic acid groups (broad SMARTS) is 1. The molecule has 2 aromatic carbocycles. The predicted octanol–water partition coefficient (Wildman–Crippen LogP) is 3.86. The summed E-state index contributed by atoms with van der Waals surface area (Å²) in [6, 6.07) is 15.2. The van der Waals surface area contributed by atoms with E-state index >= 15 is 0 Å². The highest BCUT2D eigenvalue weighted by Crippen LogP contribution is 2.24. The van der Waals surface area contributed by atoms with Crippen molar-refractivity contribution in [2.45, 2.75) is 19.8 Å². The molecule has 0 aliphatic heterocycles. The number of aryl methyl sites for hydroxylation is 1. The zero-order valence-corrected chi connectivity index (χ0v) is 13.9. The zero-order chi connectivity index (χ0) is 16.9. The summed E-state index contributed by atoms with van der Waals surface area (Å²) < 4.78 is 9.99. The number of aliphatic carboxylic acids is 1. The summed E-state index contributed by atoms with van der Waals surface area (Å²) in [6.07, 6.45) is 0.664. The van der Waals surface area contributed by atoms with E-state index in [1.165, 1.54) is 17.1 Å². The average molecular weight is 340 g/mol. The normalized spacial score (nSPS) is 10.5. The number of carbonyl (C=O) groups is 1. The molecule has 0 bridgehead atoms. The van der Waals surface area contributed by atoms with E-state index in [0.29, 0.717) is 17.4 Å². The lowest BCUT2D eigenvalue weighted by atomic mass is 10.1. The fraction of sp³-hybridized carbons (Fsp3) is 0.167. The van der Waals surface area contributed by atoms with E-state index in [1.807, 2.05) is 0 Å². The van der Waals surface area contributed by atoms with Crippen molar-refractivity contribution in [2.24, 2.45) is 0 Å². The summed E-state index contributed by atoms with van der Waals surface area (Å²) >= 11 is 1.20. The Hall–Kier alpha value is -2.73. The summed E-state index contributed by atoms with van der Waals surface area (Å²) in [7, 11) is 0. The van der Waals surface area contributed by atoms with Gasteiger partial charge in [0.15, 0.2) is 5.82 Å². The number of hydrogen-bond acceptors (Lipinski definition) is 5. The molecular formula is C18H16N2O3S. The molecule has 0 atom stereocenters. The van der Waals surface area contributed by atoms with E-state index < -0.39 is 5.97 Å². The van der Waals surface area contributed by atoms with Crippen LogP contribution in [0, 0.1) is 6.92 Å². The summed E-state index contributed by atoms with van der Waals surface area (Å²) in [5.41, 5.74) is 3.11. The third kappa shape index (κ3) is 4.39. The third-order valence-electron chi connectivity index (χ3n) is 3.42. The molecule has 0 aliphatic carbocycles. The van der Waals surface area contributed by atoms with Crippen LogP contribution in [0.1, 0.15) is 22.5 Å². The number of hydrogen-bond donors (Lipinski definition) is 1. The van der Waals surface area contributed by atoms with Crippen molar-refractivity contribution in [3.63, 3.8) is 0 Å². The summed E-state index contributed by atoms with van der Waals surface area (Å²) in [6.45, 7) is 2.05. The van der Waals surface area contributed by atoms with Crippen molar-refractivity contribution >= 4 is 17.5 Å². The molecule has 0 aliphatic rings. The Morgan fingerprint density at radius 1 is 1.08 bits per heavy atom. The number of aromatic nitrogens is 2. The molecule has 1 aromatic heterocycles. The molecule has 1 heterocycles. The number of carboxylic acids is 1. The first-order valence-electron chi connectivity index (χ1n) is 7.45. The monoisotopic (exact) mass is 340 g/mol. The minimum Gasteiger partial charge on any atom is -0.481 e. The van der Waals surface area contributed by atoms with Crippen molar-refractivity contribution in [3.05, 3.63) is 71.0 Å². The van der Waals surface area contributed by atoms with Gasteiger partial charge in [-0.05, 0) is 30.2 Å².